The summed E-state index contributed by atoms with van der Waals surface area (Å²) in [7, 11) is 0. The lowest BCUT2D eigenvalue weighted by Gasteiger charge is -2.25. The zero-order valence-corrected chi connectivity index (χ0v) is 14.2. The molecule has 2 heterocycles. The van der Waals surface area contributed by atoms with Gasteiger partial charge in [-0.1, -0.05) is 18.2 Å². The van der Waals surface area contributed by atoms with Crippen LogP contribution in [0.25, 0.3) is 11.1 Å². The van der Waals surface area contributed by atoms with Crippen LogP contribution in [0.5, 0.6) is 0 Å². The summed E-state index contributed by atoms with van der Waals surface area (Å²) < 4.78 is 0. The fourth-order valence-corrected chi connectivity index (χ4v) is 3.10. The molecule has 1 aliphatic heterocycles. The SMILES string of the molecule is CCN(Cc1cccc(-c2ccncc2)c1)C(=O)C1CNNC1C. The van der Waals surface area contributed by atoms with Gasteiger partial charge in [0.1, 0.15) is 0 Å². The second-order valence-electron chi connectivity index (χ2n) is 6.21. The minimum atomic E-state index is -0.00618. The summed E-state index contributed by atoms with van der Waals surface area (Å²) in [6.45, 7) is 6.11. The Morgan fingerprint density at radius 3 is 2.71 bits per heavy atom. The van der Waals surface area contributed by atoms with E-state index in [0.717, 1.165) is 16.7 Å². The number of rotatable bonds is 5. The quantitative estimate of drug-likeness (QED) is 0.885. The Hall–Kier alpha value is -2.24. The van der Waals surface area contributed by atoms with Gasteiger partial charge in [0.15, 0.2) is 0 Å². The van der Waals surface area contributed by atoms with Crippen LogP contribution in [0.3, 0.4) is 0 Å². The average Bonchev–Trinajstić information content (AvgIpc) is 3.06. The van der Waals surface area contributed by atoms with Gasteiger partial charge in [0.2, 0.25) is 5.91 Å². The van der Waals surface area contributed by atoms with Gasteiger partial charge in [-0.05, 0) is 48.7 Å². The third-order valence-corrected chi connectivity index (χ3v) is 4.58. The standard InChI is InChI=1S/C19H24N4O/c1-3-23(19(24)18-12-21-22-14(18)2)13-15-5-4-6-17(11-15)16-7-9-20-10-8-16/h4-11,14,18,21-22H,3,12-13H2,1-2H3. The maximum absolute atomic E-state index is 12.8. The van der Waals surface area contributed by atoms with E-state index in [1.165, 1.54) is 0 Å². The van der Waals surface area contributed by atoms with Crippen molar-refractivity contribution in [3.8, 4) is 11.1 Å². The summed E-state index contributed by atoms with van der Waals surface area (Å²) in [5.74, 6) is 0.199. The van der Waals surface area contributed by atoms with E-state index in [1.54, 1.807) is 12.4 Å². The van der Waals surface area contributed by atoms with E-state index in [0.29, 0.717) is 19.6 Å². The van der Waals surface area contributed by atoms with Crippen LogP contribution in [-0.2, 0) is 11.3 Å². The number of carbonyl (C=O) groups excluding carboxylic acids is 1. The molecule has 0 radical (unpaired) electrons. The van der Waals surface area contributed by atoms with E-state index >= 15 is 0 Å². The van der Waals surface area contributed by atoms with Gasteiger partial charge in [-0.25, -0.2) is 0 Å². The zero-order valence-electron chi connectivity index (χ0n) is 14.2. The second-order valence-corrected chi connectivity index (χ2v) is 6.21. The van der Waals surface area contributed by atoms with Crippen molar-refractivity contribution in [2.45, 2.75) is 26.4 Å². The van der Waals surface area contributed by atoms with E-state index in [9.17, 15) is 4.79 Å². The monoisotopic (exact) mass is 324 g/mol. The van der Waals surface area contributed by atoms with E-state index < -0.39 is 0 Å². The van der Waals surface area contributed by atoms with Crippen molar-refractivity contribution in [1.82, 2.24) is 20.7 Å². The summed E-state index contributed by atoms with van der Waals surface area (Å²) >= 11 is 0. The molecule has 1 amide bonds. The lowest BCUT2D eigenvalue weighted by molar-refractivity contribution is -0.135. The van der Waals surface area contributed by atoms with Crippen LogP contribution in [0.2, 0.25) is 0 Å². The first-order chi connectivity index (χ1) is 11.7. The normalized spacial score (nSPS) is 20.1. The molecular weight excluding hydrogens is 300 g/mol. The Kier molecular flexibility index (Phi) is 5.23. The molecule has 2 N–H and O–H groups in total. The van der Waals surface area contributed by atoms with E-state index in [1.807, 2.05) is 36.9 Å². The van der Waals surface area contributed by atoms with Gasteiger partial charge in [0.05, 0.1) is 5.92 Å². The van der Waals surface area contributed by atoms with Crippen molar-refractivity contribution in [1.29, 1.82) is 0 Å². The molecule has 5 heteroatoms. The molecule has 2 atom stereocenters. The highest BCUT2D eigenvalue weighted by Gasteiger charge is 2.32. The predicted octanol–water partition coefficient (Wildman–Crippen LogP) is 2.21. The van der Waals surface area contributed by atoms with Crippen LogP contribution in [0.4, 0.5) is 0 Å². The molecule has 24 heavy (non-hydrogen) atoms. The number of benzene rings is 1. The highest BCUT2D eigenvalue weighted by molar-refractivity contribution is 5.80. The molecule has 1 aromatic heterocycles. The number of amides is 1. The summed E-state index contributed by atoms with van der Waals surface area (Å²) in [6, 6.07) is 12.5. The third kappa shape index (κ3) is 3.63. The molecule has 0 bridgehead atoms. The van der Waals surface area contributed by atoms with Crippen molar-refractivity contribution >= 4 is 5.91 Å². The molecule has 1 aromatic carbocycles. The molecule has 3 rings (SSSR count). The van der Waals surface area contributed by atoms with Crippen molar-refractivity contribution < 1.29 is 4.79 Å². The summed E-state index contributed by atoms with van der Waals surface area (Å²) in [4.78, 5) is 18.8. The molecule has 0 saturated carbocycles. The minimum Gasteiger partial charge on any atom is -0.338 e. The second kappa shape index (κ2) is 7.55. The summed E-state index contributed by atoms with van der Waals surface area (Å²) in [6.07, 6.45) is 3.59. The van der Waals surface area contributed by atoms with Crippen LogP contribution in [0.1, 0.15) is 19.4 Å². The topological polar surface area (TPSA) is 57.3 Å². The molecule has 2 aromatic rings. The molecule has 0 spiro atoms. The van der Waals surface area contributed by atoms with Crippen LogP contribution in [0.15, 0.2) is 48.8 Å². The van der Waals surface area contributed by atoms with Crippen molar-refractivity contribution in [3.05, 3.63) is 54.4 Å². The third-order valence-electron chi connectivity index (χ3n) is 4.58. The highest BCUT2D eigenvalue weighted by atomic mass is 16.2. The van der Waals surface area contributed by atoms with Gasteiger partial charge in [-0.15, -0.1) is 0 Å². The van der Waals surface area contributed by atoms with E-state index in [4.69, 9.17) is 0 Å². The Bertz CT molecular complexity index is 689. The largest absolute Gasteiger partial charge is 0.338 e. The van der Waals surface area contributed by atoms with E-state index in [-0.39, 0.29) is 17.9 Å². The average molecular weight is 324 g/mol. The Balaban J connectivity index is 1.75. The predicted molar refractivity (Wildman–Crippen MR) is 94.9 cm³/mol. The van der Waals surface area contributed by atoms with Gasteiger partial charge in [0.25, 0.3) is 0 Å². The molecule has 1 fully saturated rings. The number of aromatic nitrogens is 1. The van der Waals surface area contributed by atoms with Crippen LogP contribution in [0, 0.1) is 5.92 Å². The molecule has 126 valence electrons. The smallest absolute Gasteiger partial charge is 0.228 e. The number of nitrogens with one attached hydrogen (secondary N) is 2. The van der Waals surface area contributed by atoms with Gasteiger partial charge in [0, 0.05) is 38.1 Å². The Morgan fingerprint density at radius 2 is 2.04 bits per heavy atom. The molecule has 2 unspecified atom stereocenters. The maximum Gasteiger partial charge on any atom is 0.228 e. The Labute approximate surface area is 143 Å². The first-order valence-electron chi connectivity index (χ1n) is 8.45. The number of hydrogen-bond donors (Lipinski definition) is 2. The zero-order chi connectivity index (χ0) is 16.9. The van der Waals surface area contributed by atoms with Gasteiger partial charge in [-0.2, -0.15) is 0 Å². The number of hydrazine groups is 1. The van der Waals surface area contributed by atoms with Crippen LogP contribution >= 0.6 is 0 Å². The number of nitrogens with zero attached hydrogens (tertiary/aromatic N) is 2. The fraction of sp³-hybridized carbons (Fsp3) is 0.368. The maximum atomic E-state index is 12.8. The van der Waals surface area contributed by atoms with Crippen molar-refractivity contribution in [3.63, 3.8) is 0 Å². The van der Waals surface area contributed by atoms with Gasteiger partial charge in [-0.3, -0.25) is 20.6 Å². The van der Waals surface area contributed by atoms with E-state index in [2.05, 4.69) is 34.0 Å². The van der Waals surface area contributed by atoms with Crippen LogP contribution < -0.4 is 10.9 Å². The van der Waals surface area contributed by atoms with Gasteiger partial charge < -0.3 is 4.90 Å². The van der Waals surface area contributed by atoms with Crippen molar-refractivity contribution in [2.24, 2.45) is 5.92 Å². The van der Waals surface area contributed by atoms with Crippen molar-refractivity contribution in [2.75, 3.05) is 13.1 Å². The summed E-state index contributed by atoms with van der Waals surface area (Å²) in [5.41, 5.74) is 9.63. The number of carbonyl (C=O) groups is 1. The molecular formula is C19H24N4O. The number of pyridine rings is 1. The lowest BCUT2D eigenvalue weighted by Crippen LogP contribution is -2.40. The summed E-state index contributed by atoms with van der Waals surface area (Å²) in [5, 5.41) is 0. The molecule has 0 aliphatic carbocycles. The first-order valence-corrected chi connectivity index (χ1v) is 8.45. The number of hydrogen-bond acceptors (Lipinski definition) is 4. The highest BCUT2D eigenvalue weighted by Crippen LogP contribution is 2.21. The fourth-order valence-electron chi connectivity index (χ4n) is 3.10. The first kappa shape index (κ1) is 16.6. The molecule has 1 saturated heterocycles. The van der Waals surface area contributed by atoms with Crippen LogP contribution in [-0.4, -0.2) is 34.9 Å². The lowest BCUT2D eigenvalue weighted by atomic mass is 10.0. The molecule has 5 nitrogen and oxygen atoms in total. The Morgan fingerprint density at radius 1 is 1.25 bits per heavy atom. The van der Waals surface area contributed by atoms with Gasteiger partial charge >= 0.3 is 0 Å². The molecule has 1 aliphatic rings. The minimum absolute atomic E-state index is 0.00618.